The molecule has 11 nitrogen and oxygen atoms in total. The molecule has 41 heavy (non-hydrogen) atoms. The van der Waals surface area contributed by atoms with E-state index in [0.29, 0.717) is 30.4 Å². The minimum atomic E-state index is -1.01. The monoisotopic (exact) mass is 554 g/mol. The van der Waals surface area contributed by atoms with Crippen molar-refractivity contribution in [3.8, 4) is 0 Å². The Labute approximate surface area is 234 Å². The predicted octanol–water partition coefficient (Wildman–Crippen LogP) is 0.943. The molecular weight excluding hydrogens is 524 g/mol. The molecule has 2 aromatic carbocycles. The lowest BCUT2D eigenvalue weighted by Gasteiger charge is -2.54. The number of anilines is 1. The molecule has 0 radical (unpaired) electrons. The SMILES string of the molecule is O=C(NCCn1cnc2ccccc2c1=O)C1Cc2cc([NH+]([O-])O)ccc2N2CC3CC(Cn4c3cccc4=O)C12. The number of nitrogens with zero attached hydrogens (tertiary/aromatic N) is 4. The van der Waals surface area contributed by atoms with E-state index in [1.165, 1.54) is 10.9 Å². The van der Waals surface area contributed by atoms with E-state index in [1.807, 2.05) is 22.8 Å². The molecule has 5 unspecified atom stereocenters. The molecule has 3 aliphatic heterocycles. The number of piperidine rings is 1. The minimum Gasteiger partial charge on any atom is -0.595 e. The summed E-state index contributed by atoms with van der Waals surface area (Å²) in [6.07, 6.45) is 2.79. The molecule has 11 heteroatoms. The Hall–Kier alpha value is -4.32. The molecule has 1 amide bonds. The molecule has 5 atom stereocenters. The van der Waals surface area contributed by atoms with Gasteiger partial charge in [-0.25, -0.2) is 10.2 Å². The number of nitrogens with one attached hydrogen (secondary N) is 2. The smallest absolute Gasteiger partial charge is 0.261 e. The largest absolute Gasteiger partial charge is 0.595 e. The van der Waals surface area contributed by atoms with Crippen molar-refractivity contribution in [3.05, 3.63) is 104 Å². The topological polar surface area (TPSA) is 137 Å². The first-order valence-corrected chi connectivity index (χ1v) is 13.9. The van der Waals surface area contributed by atoms with Crippen molar-refractivity contribution >= 4 is 28.2 Å². The second-order valence-corrected chi connectivity index (χ2v) is 11.2. The number of rotatable bonds is 5. The highest BCUT2D eigenvalue weighted by atomic mass is 16.8. The van der Waals surface area contributed by atoms with Gasteiger partial charge in [-0.1, -0.05) is 18.2 Å². The van der Waals surface area contributed by atoms with Crippen LogP contribution in [0.4, 0.5) is 11.4 Å². The number of pyridine rings is 1. The number of carbonyl (C=O) groups excluding carboxylic acids is 1. The molecule has 3 N–H and O–H groups in total. The van der Waals surface area contributed by atoms with Crippen LogP contribution in [0.5, 0.6) is 0 Å². The first-order chi connectivity index (χ1) is 19.9. The second-order valence-electron chi connectivity index (χ2n) is 11.2. The zero-order valence-corrected chi connectivity index (χ0v) is 22.3. The number of amides is 1. The summed E-state index contributed by atoms with van der Waals surface area (Å²) in [6, 6.07) is 17.6. The molecule has 7 rings (SSSR count). The fourth-order valence-electron chi connectivity index (χ4n) is 7.18. The molecule has 210 valence electrons. The van der Waals surface area contributed by atoms with Crippen LogP contribution in [0.15, 0.2) is 76.6 Å². The van der Waals surface area contributed by atoms with Crippen LogP contribution in [0.2, 0.25) is 0 Å². The van der Waals surface area contributed by atoms with Crippen molar-refractivity contribution in [1.82, 2.24) is 19.4 Å². The van der Waals surface area contributed by atoms with Crippen LogP contribution >= 0.6 is 0 Å². The fraction of sp³-hybridized carbons (Fsp3) is 0.333. The Morgan fingerprint density at radius 1 is 1.10 bits per heavy atom. The predicted molar refractivity (Wildman–Crippen MR) is 151 cm³/mol. The van der Waals surface area contributed by atoms with E-state index in [2.05, 4.69) is 15.2 Å². The summed E-state index contributed by atoms with van der Waals surface area (Å²) in [5.74, 6) is -0.362. The van der Waals surface area contributed by atoms with Gasteiger partial charge in [0.05, 0.1) is 23.1 Å². The van der Waals surface area contributed by atoms with Crippen LogP contribution in [0.25, 0.3) is 10.9 Å². The maximum Gasteiger partial charge on any atom is 0.261 e. The summed E-state index contributed by atoms with van der Waals surface area (Å²) < 4.78 is 3.35. The Kier molecular flexibility index (Phi) is 6.22. The van der Waals surface area contributed by atoms with Crippen LogP contribution in [0, 0.1) is 17.0 Å². The average Bonchev–Trinajstić information content (AvgIpc) is 2.98. The Morgan fingerprint density at radius 3 is 2.80 bits per heavy atom. The van der Waals surface area contributed by atoms with Crippen molar-refractivity contribution < 1.29 is 15.2 Å². The Bertz CT molecular complexity index is 1780. The van der Waals surface area contributed by atoms with Gasteiger partial charge < -0.3 is 20.0 Å². The normalized spacial score (nSPS) is 23.3. The van der Waals surface area contributed by atoms with E-state index in [4.69, 9.17) is 0 Å². The van der Waals surface area contributed by atoms with Crippen molar-refractivity contribution in [2.75, 3.05) is 18.0 Å². The lowest BCUT2D eigenvalue weighted by atomic mass is 9.70. The van der Waals surface area contributed by atoms with Gasteiger partial charge in [-0.15, -0.1) is 0 Å². The zero-order chi connectivity index (χ0) is 28.2. The highest BCUT2D eigenvalue weighted by molar-refractivity contribution is 5.82. The van der Waals surface area contributed by atoms with E-state index in [1.54, 1.807) is 42.5 Å². The van der Waals surface area contributed by atoms with E-state index in [9.17, 15) is 24.8 Å². The molecule has 1 fully saturated rings. The Morgan fingerprint density at radius 2 is 1.95 bits per heavy atom. The summed E-state index contributed by atoms with van der Waals surface area (Å²) in [7, 11) is 0. The van der Waals surface area contributed by atoms with Crippen LogP contribution < -0.4 is 26.6 Å². The fourth-order valence-corrected chi connectivity index (χ4v) is 7.18. The second kappa shape index (κ2) is 9.95. The van der Waals surface area contributed by atoms with E-state index >= 15 is 0 Å². The van der Waals surface area contributed by atoms with Gasteiger partial charge in [-0.3, -0.25) is 19.0 Å². The quantitative estimate of drug-likeness (QED) is 0.313. The van der Waals surface area contributed by atoms with Gasteiger partial charge in [0.2, 0.25) is 5.91 Å². The van der Waals surface area contributed by atoms with Crippen molar-refractivity contribution in [3.63, 3.8) is 0 Å². The number of hydrogen-bond acceptors (Lipinski definition) is 7. The summed E-state index contributed by atoms with van der Waals surface area (Å²) in [6.45, 7) is 1.71. The molecule has 0 aliphatic carbocycles. The first kappa shape index (κ1) is 25.6. The molecule has 0 spiro atoms. The van der Waals surface area contributed by atoms with E-state index in [0.717, 1.165) is 23.4 Å². The van der Waals surface area contributed by atoms with Crippen molar-refractivity contribution in [2.45, 2.75) is 37.9 Å². The molecule has 0 saturated carbocycles. The van der Waals surface area contributed by atoms with Gasteiger partial charge in [-0.05, 0) is 48.6 Å². The average molecular weight is 555 g/mol. The molecule has 1 saturated heterocycles. The molecule has 2 aromatic heterocycles. The molecular formula is C30H30N6O5. The number of para-hydroxylation sites is 1. The van der Waals surface area contributed by atoms with Gasteiger partial charge in [-0.2, -0.15) is 5.23 Å². The molecule has 5 heterocycles. The summed E-state index contributed by atoms with van der Waals surface area (Å²) in [5, 5.41) is 23.9. The highest BCUT2D eigenvalue weighted by Crippen LogP contribution is 2.47. The van der Waals surface area contributed by atoms with Crippen LogP contribution in [-0.4, -0.2) is 44.4 Å². The maximum absolute atomic E-state index is 13.8. The van der Waals surface area contributed by atoms with Gasteiger partial charge in [0.1, 0.15) is 0 Å². The summed E-state index contributed by atoms with van der Waals surface area (Å²) in [5.41, 5.74) is 3.44. The van der Waals surface area contributed by atoms with E-state index in [-0.39, 0.29) is 53.7 Å². The summed E-state index contributed by atoms with van der Waals surface area (Å²) >= 11 is 0. The number of benzene rings is 2. The van der Waals surface area contributed by atoms with Crippen LogP contribution in [-0.2, 0) is 24.3 Å². The van der Waals surface area contributed by atoms with E-state index < -0.39 is 11.1 Å². The number of carbonyl (C=O) groups is 1. The number of aromatic nitrogens is 3. The number of hydrogen-bond donors (Lipinski definition) is 3. The minimum absolute atomic E-state index is 0.0246. The first-order valence-electron chi connectivity index (χ1n) is 13.9. The third-order valence-electron chi connectivity index (χ3n) is 8.97. The maximum atomic E-state index is 13.8. The lowest BCUT2D eigenvalue weighted by Crippen LogP contribution is -2.99. The zero-order valence-electron chi connectivity index (χ0n) is 22.3. The van der Waals surface area contributed by atoms with Crippen LogP contribution in [0.1, 0.15) is 23.6 Å². The highest BCUT2D eigenvalue weighted by Gasteiger charge is 2.49. The molecule has 3 aliphatic rings. The standard InChI is InChI=1S/C30H30N6O5/c37-27-7-3-6-25-19-12-20(16-34(25)27)28-23(14-18-13-21(36(40)41)8-9-26(18)35(28)15-19)29(38)31-10-11-33-17-32-24-5-2-1-4-22(24)30(33)39/h1-9,13,17,19-20,23,28,36,40H,10-12,14-16H2,(H,31,38). The van der Waals surface area contributed by atoms with Crippen molar-refractivity contribution in [1.29, 1.82) is 0 Å². The molecule has 2 bridgehead atoms. The third-order valence-corrected chi connectivity index (χ3v) is 8.97. The van der Waals surface area contributed by atoms with Gasteiger partial charge >= 0.3 is 0 Å². The van der Waals surface area contributed by atoms with Gasteiger partial charge in [0.25, 0.3) is 11.1 Å². The van der Waals surface area contributed by atoms with Gasteiger partial charge in [0.15, 0.2) is 5.69 Å². The third kappa shape index (κ3) is 4.33. The Balaban J connectivity index is 1.18. The van der Waals surface area contributed by atoms with Crippen molar-refractivity contribution in [2.24, 2.45) is 11.8 Å². The number of fused-ring (bicyclic) bond motifs is 9. The molecule has 4 aromatic rings. The van der Waals surface area contributed by atoms with Crippen LogP contribution in [0.3, 0.4) is 0 Å². The van der Waals surface area contributed by atoms with Gasteiger partial charge in [0, 0.05) is 67.7 Å². The number of quaternary nitrogens is 1. The lowest BCUT2D eigenvalue weighted by molar-refractivity contribution is -0.991. The summed E-state index contributed by atoms with van der Waals surface area (Å²) in [4.78, 5) is 46.1.